The van der Waals surface area contributed by atoms with E-state index >= 15 is 0 Å². The van der Waals surface area contributed by atoms with E-state index in [9.17, 15) is 0 Å². The highest BCUT2D eigenvalue weighted by Crippen LogP contribution is 2.98. The van der Waals surface area contributed by atoms with E-state index in [1.807, 2.05) is 0 Å². The van der Waals surface area contributed by atoms with Crippen molar-refractivity contribution in [2.45, 2.75) is 23.3 Å². The van der Waals surface area contributed by atoms with Crippen LogP contribution in [0.1, 0.15) is 6.42 Å². The lowest BCUT2D eigenvalue weighted by atomic mass is 9.08. The Labute approximate surface area is 149 Å². The molecule has 24 heavy (non-hydrogen) atoms. The lowest BCUT2D eigenvalue weighted by Crippen LogP contribution is -2.93. The molecule has 0 aromatic rings. The highest BCUT2D eigenvalue weighted by molar-refractivity contribution is 7.81. The highest BCUT2D eigenvalue weighted by atomic mass is 32.1. The minimum atomic E-state index is 0.818. The molecule has 2 heteroatoms. The number of fused-ring (bicyclic) bond motifs is 28. The Bertz CT molecular complexity index is 785. The van der Waals surface area contributed by atoms with Crippen LogP contribution in [0.3, 0.4) is 0 Å². The zero-order valence-corrected chi connectivity index (χ0v) is 14.9. The summed E-state index contributed by atoms with van der Waals surface area (Å²) >= 11 is 4.89. The fourth-order valence-electron chi connectivity index (χ4n) is 13.9. The summed E-state index contributed by atoms with van der Waals surface area (Å²) in [6, 6.07) is 0. The highest BCUT2D eigenvalue weighted by Gasteiger charge is 2.94. The molecule has 1 aliphatic heterocycles. The average molecular weight is 332 g/mol. The molecule has 11 aliphatic rings. The minimum absolute atomic E-state index is 0.818. The molecule has 122 valence electrons. The van der Waals surface area contributed by atoms with Crippen LogP contribution in [-0.4, -0.2) is 12.5 Å². The lowest BCUT2D eigenvalue weighted by Gasteiger charge is -2.96. The van der Waals surface area contributed by atoms with Crippen molar-refractivity contribution < 1.29 is 0 Å². The molecule has 0 bridgehead atoms. The average Bonchev–Trinajstić information content (AvgIpc) is 3.20. The summed E-state index contributed by atoms with van der Waals surface area (Å²) in [4.78, 5) is 0. The smallest absolute Gasteiger partial charge is 0.127 e. The van der Waals surface area contributed by atoms with Crippen LogP contribution in [0.2, 0.25) is 11.6 Å². The quantitative estimate of drug-likeness (QED) is 0.394. The van der Waals surface area contributed by atoms with E-state index < -0.39 is 0 Å². The number of hydrogen-bond acceptors (Lipinski definition) is 1. The van der Waals surface area contributed by atoms with Crippen molar-refractivity contribution in [2.24, 2.45) is 107 Å². The molecule has 0 amide bonds. The van der Waals surface area contributed by atoms with Gasteiger partial charge in [0.2, 0.25) is 0 Å². The van der Waals surface area contributed by atoms with Gasteiger partial charge in [-0.25, -0.2) is 0 Å². The van der Waals surface area contributed by atoms with Crippen LogP contribution >= 0.6 is 12.6 Å². The van der Waals surface area contributed by atoms with Gasteiger partial charge in [0.05, 0.1) is 0 Å². The lowest BCUT2D eigenvalue weighted by molar-refractivity contribution is -0.493. The Morgan fingerprint density at radius 1 is 0.458 bits per heavy atom. The van der Waals surface area contributed by atoms with Crippen molar-refractivity contribution in [2.75, 3.05) is 0 Å². The number of thiol groups is 1. The van der Waals surface area contributed by atoms with Gasteiger partial charge < -0.3 is 0 Å². The Balaban J connectivity index is 0.946. The normalized spacial score (nSPS) is 96.3. The van der Waals surface area contributed by atoms with Gasteiger partial charge in [-0.15, -0.1) is 0 Å². The topological polar surface area (TPSA) is 0 Å². The van der Waals surface area contributed by atoms with Crippen molar-refractivity contribution in [3.63, 3.8) is 0 Å². The molecule has 0 aromatic heterocycles. The van der Waals surface area contributed by atoms with Gasteiger partial charge in [-0.05, 0) is 113 Å². The molecule has 11 rings (SSSR count). The molecule has 0 aromatic carbocycles. The maximum Gasteiger partial charge on any atom is 0.127 e. The van der Waals surface area contributed by atoms with E-state index in [1.54, 1.807) is 7.28 Å². The molecule has 10 saturated carbocycles. The zero-order valence-electron chi connectivity index (χ0n) is 14.0. The van der Waals surface area contributed by atoms with Gasteiger partial charge >= 0.3 is 0 Å². The summed E-state index contributed by atoms with van der Waals surface area (Å²) in [6.07, 6.45) is 1.50. The summed E-state index contributed by atoms with van der Waals surface area (Å²) in [6.45, 7) is 0. The van der Waals surface area contributed by atoms with Gasteiger partial charge in [-0.2, -0.15) is 12.6 Å². The number of hydrogen-bond donors (Lipinski definition) is 1. The molecule has 0 spiro atoms. The summed E-state index contributed by atoms with van der Waals surface area (Å²) in [5, 5.41) is 0.818. The van der Waals surface area contributed by atoms with Crippen LogP contribution in [-0.2, 0) is 0 Å². The maximum atomic E-state index is 4.89. The molecule has 0 radical (unpaired) electrons. The fourth-order valence-corrected chi connectivity index (χ4v) is 14.6. The second-order valence-corrected chi connectivity index (χ2v) is 13.5. The van der Waals surface area contributed by atoms with Crippen molar-refractivity contribution >= 4 is 19.9 Å². The molecule has 10 aliphatic carbocycles. The van der Waals surface area contributed by atoms with Crippen LogP contribution in [0, 0.1) is 107 Å². The number of rotatable bonds is 0. The van der Waals surface area contributed by atoms with E-state index in [2.05, 4.69) is 0 Å². The van der Waals surface area contributed by atoms with E-state index in [-0.39, 0.29) is 0 Å². The molecule has 11 fully saturated rings. The first-order chi connectivity index (χ1) is 11.9. The summed E-state index contributed by atoms with van der Waals surface area (Å²) < 4.78 is 0. The molecule has 0 nitrogen and oxygen atoms in total. The summed E-state index contributed by atoms with van der Waals surface area (Å²) in [7, 11) is 1.68. The maximum absolute atomic E-state index is 4.89. The van der Waals surface area contributed by atoms with Gasteiger partial charge in [-0.3, -0.25) is 0 Å². The monoisotopic (exact) mass is 332 g/mol. The summed E-state index contributed by atoms with van der Waals surface area (Å²) in [5.41, 5.74) is 0. The van der Waals surface area contributed by atoms with Crippen molar-refractivity contribution in [3.8, 4) is 0 Å². The Kier molecular flexibility index (Phi) is 1.29. The predicted octanol–water partition coefficient (Wildman–Crippen LogP) is 2.93. The van der Waals surface area contributed by atoms with Crippen LogP contribution < -0.4 is 0 Å². The third kappa shape index (κ3) is 0.686. The molecule has 1 heterocycles. The van der Waals surface area contributed by atoms with Gasteiger partial charge in [0.15, 0.2) is 0 Å². The minimum Gasteiger partial charge on any atom is -0.176 e. The second-order valence-electron chi connectivity index (χ2n) is 12.8. The van der Waals surface area contributed by atoms with E-state index in [4.69, 9.17) is 12.6 Å². The van der Waals surface area contributed by atoms with Crippen LogP contribution in [0.4, 0.5) is 0 Å². The van der Waals surface area contributed by atoms with E-state index in [1.165, 1.54) is 119 Å². The zero-order chi connectivity index (χ0) is 14.5. The van der Waals surface area contributed by atoms with Gasteiger partial charge in [0, 0.05) is 5.25 Å². The first-order valence-electron chi connectivity index (χ1n) is 11.6. The van der Waals surface area contributed by atoms with Crippen molar-refractivity contribution in [3.05, 3.63) is 0 Å². The second kappa shape index (κ2) is 2.75. The first-order valence-corrected chi connectivity index (χ1v) is 12.1. The van der Waals surface area contributed by atoms with Gasteiger partial charge in [0.25, 0.3) is 0 Å². The predicted molar refractivity (Wildman–Crippen MR) is 94.9 cm³/mol. The third-order valence-electron chi connectivity index (χ3n) is 14.0. The van der Waals surface area contributed by atoms with Crippen LogP contribution in [0.25, 0.3) is 0 Å². The van der Waals surface area contributed by atoms with Crippen molar-refractivity contribution in [1.82, 2.24) is 0 Å². The van der Waals surface area contributed by atoms with Crippen LogP contribution in [0.5, 0.6) is 0 Å². The largest absolute Gasteiger partial charge is 0.176 e. The standard InChI is InChI=1S/C22H25BS/c24-3-1-2-4(3)6-5(2)7-8(6)10-9(7)11-12(10)14-13(11)15-16(14)18-17(15)19-20(18)22-21(19)23-22/h2-24H,1H2. The van der Waals surface area contributed by atoms with Gasteiger partial charge in [0.1, 0.15) is 7.28 Å². The molecular weight excluding hydrogens is 307 g/mol. The molecule has 0 N–H and O–H groups in total. The first kappa shape index (κ1) is 11.3. The van der Waals surface area contributed by atoms with Gasteiger partial charge in [-0.1, -0.05) is 11.6 Å². The summed E-state index contributed by atoms with van der Waals surface area (Å²) in [5.74, 6) is 25.3. The third-order valence-corrected chi connectivity index (χ3v) is 14.6. The van der Waals surface area contributed by atoms with Crippen LogP contribution in [0.15, 0.2) is 0 Å². The fraction of sp³-hybridized carbons (Fsp3) is 1.00. The molecular formula is C22H25BS. The van der Waals surface area contributed by atoms with E-state index in [0.717, 1.165) is 11.2 Å². The Morgan fingerprint density at radius 2 is 0.833 bits per heavy atom. The Morgan fingerprint density at radius 3 is 1.29 bits per heavy atom. The molecule has 21 unspecified atom stereocenters. The SMILES string of the molecule is SC1CC2C1C1C2C2C1C1C2C2C3C4C5C6C7BC7C6C5C4C3C12. The Hall–Kier alpha value is 0.415. The van der Waals surface area contributed by atoms with E-state index in [0.29, 0.717) is 0 Å². The molecule has 21 atom stereocenters. The van der Waals surface area contributed by atoms with Crippen molar-refractivity contribution in [1.29, 1.82) is 0 Å². The molecule has 1 saturated heterocycles.